The van der Waals surface area contributed by atoms with Crippen LogP contribution < -0.4 is 21.3 Å². The smallest absolute Gasteiger partial charge is 0.410 e. The van der Waals surface area contributed by atoms with Crippen molar-refractivity contribution in [2.45, 2.75) is 318 Å². The molecule has 7 fully saturated rings. The fraction of sp³-hybridized carbons (Fsp3) is 0.667. The fourth-order valence-corrected chi connectivity index (χ4v) is 15.8. The van der Waals surface area contributed by atoms with E-state index in [1.807, 2.05) is 46.4 Å². The van der Waals surface area contributed by atoms with Gasteiger partial charge in [0.05, 0.1) is 29.6 Å². The Morgan fingerprint density at radius 3 is 1.38 bits per heavy atom. The molecule has 4 saturated carbocycles. The third kappa shape index (κ3) is 33.5. The Kier molecular flexibility index (Phi) is 38.7. The topological polar surface area (TPSA) is 382 Å². The maximum atomic E-state index is 12.7. The van der Waals surface area contributed by atoms with Crippen LogP contribution in [0.5, 0.6) is 0 Å². The molecule has 10 rings (SSSR count). The van der Waals surface area contributed by atoms with Crippen molar-refractivity contribution in [2.24, 2.45) is 16.2 Å². The van der Waals surface area contributed by atoms with Crippen LogP contribution in [0.25, 0.3) is 0 Å². The van der Waals surface area contributed by atoms with E-state index in [0.29, 0.717) is 151 Å². The molecule has 3 saturated heterocycles. The predicted octanol–water partition coefficient (Wildman–Crippen LogP) is 15.2. The first-order valence-corrected chi connectivity index (χ1v) is 41.6. The second kappa shape index (κ2) is 45.2. The van der Waals surface area contributed by atoms with Gasteiger partial charge in [-0.15, -0.1) is 13.2 Å². The zero-order valence-corrected chi connectivity index (χ0v) is 74.1. The van der Waals surface area contributed by atoms with Gasteiger partial charge in [-0.05, 0) is 207 Å². The Balaban J connectivity index is 0.000000299. The van der Waals surface area contributed by atoms with Crippen LogP contribution in [0.15, 0.2) is 91.0 Å². The standard InChI is InChI=1S/C21H30N2O2.2C15H23NO4.C15H23NO3.C12H19NO4.C7H13NO3.C5H6O2/c1-20(2,3)25-19(24)23-14-12-21-11-13-22(17(21)9-10-18(21)23)15-16-7-5-4-6-8-16;1-5-10-19-13-7-6-12(17)11(13)8-9-16-14(18)20-15(2,3)4;1-5-8-15(11(17)6-7-12(15)18)9-10-16-13(19)20-14(2,3)4;1-5-8-15-9-10-16(11(15)6-7-12(15)17)13(18)19-14(2,3)4;1-12(2,3)17-11(16)13-7-6-8-9(14)4-5-10(8)15;1-7(2,3)11-6(10)8-4-5-9;6-4-1-2-5(7)3-4/h4-8,17-18H,9-15H2,1-3H3;5H,1,6-10H2,2-4H3,(H,16,18);5H,1,6-10H2,2-4H3,(H,16,19);5,11H,1,6-10H2,2-4H3;14H,4-7H2,1-3H3,(H,13,16);5H,4H2,1-3H3,(H,8,10);1-3H2. The third-order valence-electron chi connectivity index (χ3n) is 20.7. The molecule has 5 atom stereocenters. The molecule has 0 radical (unpaired) electrons. The number of rotatable bonds is 20. The van der Waals surface area contributed by atoms with E-state index in [9.17, 15) is 72.2 Å². The summed E-state index contributed by atoms with van der Waals surface area (Å²) in [4.78, 5) is 166. The first-order chi connectivity index (χ1) is 55.3. The van der Waals surface area contributed by atoms with Gasteiger partial charge in [0.1, 0.15) is 81.2 Å². The van der Waals surface area contributed by atoms with Crippen LogP contribution >= 0.6 is 0 Å². The van der Waals surface area contributed by atoms with E-state index in [4.69, 9.17) is 33.2 Å². The number of carbonyl (C=O) groups excluding carboxylic acids is 14. The van der Waals surface area contributed by atoms with Gasteiger partial charge in [0, 0.05) is 132 Å². The molecule has 5 unspecified atom stereocenters. The summed E-state index contributed by atoms with van der Waals surface area (Å²) >= 11 is 0. The molecule has 0 bridgehead atoms. The van der Waals surface area contributed by atoms with Gasteiger partial charge in [-0.25, -0.2) is 28.8 Å². The lowest BCUT2D eigenvalue weighted by Crippen LogP contribution is -2.44. The van der Waals surface area contributed by atoms with Crippen LogP contribution in [-0.2, 0) is 78.1 Å². The highest BCUT2D eigenvalue weighted by Crippen LogP contribution is 2.57. The average Bonchev–Trinajstić information content (AvgIpc) is 1.56. The molecule has 1 aromatic rings. The number of aliphatic hydroxyl groups is 1. The summed E-state index contributed by atoms with van der Waals surface area (Å²) in [5, 5.41) is 19.5. The predicted molar refractivity (Wildman–Crippen MR) is 450 cm³/mol. The first-order valence-electron chi connectivity index (χ1n) is 41.6. The van der Waals surface area contributed by atoms with Gasteiger partial charge in [0.15, 0.2) is 11.6 Å². The summed E-state index contributed by atoms with van der Waals surface area (Å²) in [6, 6.07) is 11.7. The number of fused-ring (bicyclic) bond motifs is 1. The number of carbonyl (C=O) groups is 14. The van der Waals surface area contributed by atoms with Crippen molar-refractivity contribution in [1.29, 1.82) is 0 Å². The minimum absolute atomic E-state index is 0.00505. The molecule has 29 nitrogen and oxygen atoms in total. The second-order valence-electron chi connectivity index (χ2n) is 37.1. The highest BCUT2D eigenvalue weighted by molar-refractivity contribution is 6.13. The molecule has 3 heterocycles. The molecule has 1 aromatic carbocycles. The number of nitrogens with one attached hydrogen (secondary N) is 4. The molecule has 664 valence electrons. The Labute approximate surface area is 704 Å². The summed E-state index contributed by atoms with van der Waals surface area (Å²) in [5.41, 5.74) is -1.63. The molecule has 5 N–H and O–H groups in total. The highest BCUT2D eigenvalue weighted by atomic mass is 16.6. The van der Waals surface area contributed by atoms with Crippen molar-refractivity contribution < 1.29 is 105 Å². The van der Waals surface area contributed by atoms with Crippen molar-refractivity contribution in [1.82, 2.24) is 36.0 Å². The molecule has 3 aliphatic heterocycles. The van der Waals surface area contributed by atoms with E-state index in [1.54, 1.807) is 106 Å². The number of allylic oxidation sites excluding steroid dienone is 4. The van der Waals surface area contributed by atoms with Gasteiger partial charge in [-0.3, -0.25) is 38.5 Å². The molecule has 29 heteroatoms. The van der Waals surface area contributed by atoms with Crippen LogP contribution in [0.4, 0.5) is 28.8 Å². The van der Waals surface area contributed by atoms with Crippen LogP contribution in [0.3, 0.4) is 0 Å². The lowest BCUT2D eigenvalue weighted by Gasteiger charge is -2.34. The summed E-state index contributed by atoms with van der Waals surface area (Å²) in [6.45, 7) is 48.6. The Morgan fingerprint density at radius 1 is 0.479 bits per heavy atom. The van der Waals surface area contributed by atoms with Crippen molar-refractivity contribution in [3.8, 4) is 0 Å². The molecule has 6 amide bonds. The monoisotopic (exact) mass is 1670 g/mol. The maximum absolute atomic E-state index is 12.7. The van der Waals surface area contributed by atoms with E-state index in [1.165, 1.54) is 18.4 Å². The van der Waals surface area contributed by atoms with Gasteiger partial charge in [0.25, 0.3) is 0 Å². The second-order valence-corrected chi connectivity index (χ2v) is 37.1. The summed E-state index contributed by atoms with van der Waals surface area (Å²) in [7, 11) is 0. The Hall–Kier alpha value is -9.54. The fourth-order valence-electron chi connectivity index (χ4n) is 15.8. The number of benzene rings is 1. The Morgan fingerprint density at radius 2 is 0.924 bits per heavy atom. The number of ether oxygens (including phenoxy) is 7. The number of aliphatic hydroxyl groups excluding tert-OH is 1. The van der Waals surface area contributed by atoms with Crippen LogP contribution in [-0.4, -0.2) is 207 Å². The molecule has 6 aliphatic carbocycles. The lowest BCUT2D eigenvalue weighted by atomic mass is 9.78. The number of nitrogens with zero attached hydrogens (tertiary/aromatic N) is 3. The minimum atomic E-state index is -0.989. The molecule has 1 spiro atoms. The summed E-state index contributed by atoms with van der Waals surface area (Å²) < 4.78 is 36.7. The van der Waals surface area contributed by atoms with Gasteiger partial charge in [0.2, 0.25) is 0 Å². The van der Waals surface area contributed by atoms with Crippen LogP contribution in [0.2, 0.25) is 0 Å². The maximum Gasteiger partial charge on any atom is 0.410 e. The van der Waals surface area contributed by atoms with Gasteiger partial charge >= 0.3 is 36.6 Å². The summed E-state index contributed by atoms with van der Waals surface area (Å²) in [5.74, 6) is 1.32. The zero-order valence-electron chi connectivity index (χ0n) is 74.1. The van der Waals surface area contributed by atoms with Gasteiger partial charge in [-0.2, -0.15) is 0 Å². The number of amides is 6. The third-order valence-corrected chi connectivity index (χ3v) is 20.7. The molecule has 9 aliphatic rings. The summed E-state index contributed by atoms with van der Waals surface area (Å²) in [6.07, 6.45) is 15.6. The zero-order chi connectivity index (χ0) is 89.7. The molecule has 119 heavy (non-hydrogen) atoms. The van der Waals surface area contributed by atoms with Gasteiger partial charge < -0.3 is 74.1 Å². The van der Waals surface area contributed by atoms with E-state index >= 15 is 0 Å². The quantitative estimate of drug-likeness (QED) is 0.0350. The number of Topliss-reactive ketones (excluding diaryl/α,β-unsaturated/α-hetero) is 7. The van der Waals surface area contributed by atoms with Crippen LogP contribution in [0, 0.1) is 16.2 Å². The average molecular weight is 1670 g/mol. The van der Waals surface area contributed by atoms with E-state index in [-0.39, 0.29) is 84.0 Å². The van der Waals surface area contributed by atoms with Gasteiger partial charge in [-0.1, -0.05) is 55.1 Å². The highest BCUT2D eigenvalue weighted by Gasteiger charge is 2.62. The number of hydrogen-bond donors (Lipinski definition) is 5. The van der Waals surface area contributed by atoms with E-state index in [2.05, 4.69) is 76.2 Å². The van der Waals surface area contributed by atoms with Crippen LogP contribution in [0.1, 0.15) is 265 Å². The van der Waals surface area contributed by atoms with Crippen molar-refractivity contribution in [3.63, 3.8) is 0 Å². The SMILES string of the molecule is C=CCC1(CCNC(=O)OC(C)(C)C)C(=O)CCC1=O.C=CCC12CCN(C(=O)OC(C)(C)C)C1CCC2=O.C=CCOC1=C(CCNC(=O)OC(C)(C)C)C(=O)CC1.CC(C)(C)OC(=O)N1CCC23CCN(Cc4ccccc4)C2CCC13.CC(C)(C)OC(=O)NCC=O.CC(C)(C)OC(=O)NCCC1=C(O)CCC1=O.O=C1CCC(=O)C1. The first kappa shape index (κ1) is 102. The lowest BCUT2D eigenvalue weighted by molar-refractivity contribution is -0.135. The van der Waals surface area contributed by atoms with E-state index < -0.39 is 68.8 Å². The number of ketones is 7. The number of hydrogen-bond acceptors (Lipinski definition) is 23. The molecule has 0 aromatic heterocycles. The number of alkyl carbamates (subject to hydrolysis) is 4. The molecular weight excluding hydrogens is 1530 g/mol. The van der Waals surface area contributed by atoms with Crippen molar-refractivity contribution in [3.05, 3.63) is 96.5 Å². The number of aldehydes is 1. The Bertz CT molecular complexity index is 3790. The normalized spacial score (nSPS) is 21.7. The van der Waals surface area contributed by atoms with E-state index in [0.717, 1.165) is 51.1 Å². The minimum Gasteiger partial charge on any atom is -0.512 e. The van der Waals surface area contributed by atoms with Crippen molar-refractivity contribution >= 4 is 83.3 Å². The number of likely N-dealkylation sites (tertiary alicyclic amines) is 3. The largest absolute Gasteiger partial charge is 0.512 e. The molecular formula is C90H137N7O22. The van der Waals surface area contributed by atoms with Crippen molar-refractivity contribution in [2.75, 3.05) is 52.4 Å².